The Kier molecular flexibility index (Phi) is 10.6. The number of carboxylic acid groups (broad SMARTS) is 1. The molecule has 0 unspecified atom stereocenters. The molecule has 0 radical (unpaired) electrons. The fourth-order valence-electron chi connectivity index (χ4n) is 5.17. The minimum absolute atomic E-state index is 0.0803. The van der Waals surface area contributed by atoms with Crippen LogP contribution in [0.4, 0.5) is 11.6 Å². The molecule has 216 valence electrons. The van der Waals surface area contributed by atoms with E-state index in [9.17, 15) is 10.1 Å². The first-order chi connectivity index (χ1) is 19.3. The van der Waals surface area contributed by atoms with Crippen molar-refractivity contribution in [3.8, 4) is 17.3 Å². The number of aliphatic carboxylic acids is 1. The van der Waals surface area contributed by atoms with Gasteiger partial charge in [-0.3, -0.25) is 0 Å². The highest BCUT2D eigenvalue weighted by Crippen LogP contribution is 2.32. The Bertz CT molecular complexity index is 1180. The Morgan fingerprint density at radius 2 is 1.95 bits per heavy atom. The maximum Gasteiger partial charge on any atom is 0.332 e. The molecule has 0 spiro atoms. The summed E-state index contributed by atoms with van der Waals surface area (Å²) in [5.41, 5.74) is 1.09. The van der Waals surface area contributed by atoms with E-state index in [2.05, 4.69) is 27.0 Å². The summed E-state index contributed by atoms with van der Waals surface area (Å²) >= 11 is 6.54. The number of nitrogens with zero attached hydrogens (tertiary/aromatic N) is 3. The summed E-state index contributed by atoms with van der Waals surface area (Å²) in [6.45, 7) is 5.65. The summed E-state index contributed by atoms with van der Waals surface area (Å²) in [5, 5.41) is 29.7. The van der Waals surface area contributed by atoms with E-state index < -0.39 is 17.5 Å². The van der Waals surface area contributed by atoms with E-state index in [0.717, 1.165) is 42.8 Å². The third-order valence-electron chi connectivity index (χ3n) is 7.72. The molecule has 1 saturated heterocycles. The van der Waals surface area contributed by atoms with Gasteiger partial charge >= 0.3 is 5.97 Å². The zero-order valence-corrected chi connectivity index (χ0v) is 23.9. The third-order valence-corrected chi connectivity index (χ3v) is 8.02. The molecule has 2 fully saturated rings. The Labute approximate surface area is 240 Å². The monoisotopic (exact) mass is 570 g/mol. The van der Waals surface area contributed by atoms with Crippen LogP contribution in [0.1, 0.15) is 52.4 Å². The highest BCUT2D eigenvalue weighted by molar-refractivity contribution is 6.33. The molecule has 10 nitrogen and oxygen atoms in total. The molecule has 4 rings (SSSR count). The second kappa shape index (κ2) is 14.1. The van der Waals surface area contributed by atoms with E-state index in [1.165, 1.54) is 0 Å². The molecular formula is C29H39ClN6O4. The molecule has 0 amide bonds. The van der Waals surface area contributed by atoms with Crippen LogP contribution in [0.15, 0.2) is 30.5 Å². The normalized spacial score (nSPS) is 22.1. The third kappa shape index (κ3) is 8.27. The number of nitrogens with one attached hydrogen (secondary N) is 3. The average Bonchev–Trinajstić information content (AvgIpc) is 2.97. The van der Waals surface area contributed by atoms with Crippen LogP contribution in [0.5, 0.6) is 0 Å². The van der Waals surface area contributed by atoms with Crippen LogP contribution in [-0.4, -0.2) is 71.6 Å². The van der Waals surface area contributed by atoms with Gasteiger partial charge in [0.2, 0.25) is 0 Å². The van der Waals surface area contributed by atoms with Crippen LogP contribution >= 0.6 is 11.6 Å². The SMILES string of the molecule is C[C@H](OC[C@H](C)N[C@H]1CC[C@H](Nc2cc(-c3cccc(NCC4(C#N)CCOCC4)n3)c(Cl)cn2)CC1)C(=O)O. The highest BCUT2D eigenvalue weighted by Gasteiger charge is 2.32. The Balaban J connectivity index is 1.31. The number of aromatic nitrogens is 2. The van der Waals surface area contributed by atoms with E-state index in [-0.39, 0.29) is 6.04 Å². The number of anilines is 2. The molecule has 40 heavy (non-hydrogen) atoms. The Hall–Kier alpha value is -2.97. The minimum Gasteiger partial charge on any atom is -0.479 e. The summed E-state index contributed by atoms with van der Waals surface area (Å²) in [7, 11) is 0. The van der Waals surface area contributed by atoms with Crippen molar-refractivity contribution in [2.75, 3.05) is 37.0 Å². The molecule has 11 heteroatoms. The lowest BCUT2D eigenvalue weighted by Crippen LogP contribution is -2.43. The quantitative estimate of drug-likeness (QED) is 0.283. The van der Waals surface area contributed by atoms with E-state index >= 15 is 0 Å². The molecule has 2 aliphatic rings. The molecule has 0 bridgehead atoms. The van der Waals surface area contributed by atoms with Crippen molar-refractivity contribution in [3.05, 3.63) is 35.5 Å². The Morgan fingerprint density at radius 3 is 2.65 bits per heavy atom. The number of halogens is 1. The molecule has 1 saturated carbocycles. The van der Waals surface area contributed by atoms with Crippen molar-refractivity contribution in [1.29, 1.82) is 5.26 Å². The van der Waals surface area contributed by atoms with Crippen LogP contribution in [0.25, 0.3) is 11.3 Å². The lowest BCUT2D eigenvalue weighted by atomic mass is 9.82. The van der Waals surface area contributed by atoms with Gasteiger partial charge in [0.1, 0.15) is 11.6 Å². The summed E-state index contributed by atoms with van der Waals surface area (Å²) in [4.78, 5) is 20.2. The predicted octanol–water partition coefficient (Wildman–Crippen LogP) is 4.72. The maximum atomic E-state index is 10.9. The number of carbonyl (C=O) groups is 1. The second-order valence-corrected chi connectivity index (χ2v) is 11.3. The topological polar surface area (TPSA) is 141 Å². The van der Waals surface area contributed by atoms with Crippen LogP contribution in [-0.2, 0) is 14.3 Å². The number of pyridine rings is 2. The highest BCUT2D eigenvalue weighted by atomic mass is 35.5. The molecule has 2 atom stereocenters. The Morgan fingerprint density at radius 1 is 1.23 bits per heavy atom. The van der Waals surface area contributed by atoms with Crippen molar-refractivity contribution in [3.63, 3.8) is 0 Å². The number of hydrogen-bond donors (Lipinski definition) is 4. The molecule has 4 N–H and O–H groups in total. The van der Waals surface area contributed by atoms with Crippen molar-refractivity contribution in [2.24, 2.45) is 5.41 Å². The van der Waals surface area contributed by atoms with Gasteiger partial charge in [-0.25, -0.2) is 14.8 Å². The number of rotatable bonds is 12. The molecule has 1 aliphatic heterocycles. The summed E-state index contributed by atoms with van der Waals surface area (Å²) < 4.78 is 10.8. The molecule has 1 aliphatic carbocycles. The van der Waals surface area contributed by atoms with Gasteiger partial charge < -0.3 is 30.5 Å². The standard InChI is InChI=1S/C29H39ClN6O4/c1-19(16-40-20(2)28(37)38)34-21-6-8-22(9-7-21)35-27-14-23(24(30)15-32-27)25-4-3-5-26(36-25)33-18-29(17-31)10-12-39-13-11-29/h3-5,14-15,19-22,34H,6-13,16,18H2,1-2H3,(H,32,35)(H,33,36)(H,37,38)/t19-,20-,21-,22-/m0/s1. The molecule has 2 aromatic heterocycles. The van der Waals surface area contributed by atoms with Gasteiger partial charge in [0, 0.05) is 49.6 Å². The van der Waals surface area contributed by atoms with E-state index in [1.54, 1.807) is 13.1 Å². The van der Waals surface area contributed by atoms with Crippen LogP contribution in [0.3, 0.4) is 0 Å². The van der Waals surface area contributed by atoms with E-state index in [0.29, 0.717) is 62.1 Å². The van der Waals surface area contributed by atoms with Crippen molar-refractivity contribution in [2.45, 2.75) is 76.6 Å². The molecular weight excluding hydrogens is 532 g/mol. The summed E-state index contributed by atoms with van der Waals surface area (Å²) in [6, 6.07) is 10.9. The zero-order chi connectivity index (χ0) is 28.5. The lowest BCUT2D eigenvalue weighted by molar-refractivity contribution is -0.149. The first-order valence-corrected chi connectivity index (χ1v) is 14.4. The lowest BCUT2D eigenvalue weighted by Gasteiger charge is -2.32. The predicted molar refractivity (Wildman–Crippen MR) is 154 cm³/mol. The fraction of sp³-hybridized carbons (Fsp3) is 0.586. The second-order valence-electron chi connectivity index (χ2n) is 10.9. The van der Waals surface area contributed by atoms with Crippen LogP contribution < -0.4 is 16.0 Å². The molecule has 2 aromatic rings. The molecule has 3 heterocycles. The van der Waals surface area contributed by atoms with Gasteiger partial charge in [-0.1, -0.05) is 17.7 Å². The largest absolute Gasteiger partial charge is 0.479 e. The van der Waals surface area contributed by atoms with Gasteiger partial charge in [0.05, 0.1) is 28.8 Å². The van der Waals surface area contributed by atoms with Crippen molar-refractivity contribution in [1.82, 2.24) is 15.3 Å². The maximum absolute atomic E-state index is 10.9. The zero-order valence-electron chi connectivity index (χ0n) is 23.2. The first-order valence-electron chi connectivity index (χ1n) is 14.0. The first kappa shape index (κ1) is 30.0. The van der Waals surface area contributed by atoms with Gasteiger partial charge in [-0.2, -0.15) is 5.26 Å². The van der Waals surface area contributed by atoms with E-state index in [4.69, 9.17) is 31.2 Å². The summed E-state index contributed by atoms with van der Waals surface area (Å²) in [6.07, 6.45) is 6.24. The van der Waals surface area contributed by atoms with Gasteiger partial charge in [0.25, 0.3) is 0 Å². The minimum atomic E-state index is -0.947. The molecule has 0 aromatic carbocycles. The van der Waals surface area contributed by atoms with Crippen molar-refractivity contribution >= 4 is 29.2 Å². The number of ether oxygens (including phenoxy) is 2. The van der Waals surface area contributed by atoms with Gasteiger partial charge in [-0.15, -0.1) is 0 Å². The van der Waals surface area contributed by atoms with Crippen molar-refractivity contribution < 1.29 is 19.4 Å². The average molecular weight is 571 g/mol. The van der Waals surface area contributed by atoms with Gasteiger partial charge in [-0.05, 0) is 70.6 Å². The number of carboxylic acids is 1. The van der Waals surface area contributed by atoms with E-state index in [1.807, 2.05) is 31.2 Å². The van der Waals surface area contributed by atoms with Crippen LogP contribution in [0.2, 0.25) is 5.02 Å². The number of hydrogen-bond acceptors (Lipinski definition) is 9. The smallest absolute Gasteiger partial charge is 0.332 e. The van der Waals surface area contributed by atoms with Gasteiger partial charge in [0.15, 0.2) is 6.10 Å². The van der Waals surface area contributed by atoms with Crippen LogP contribution in [0, 0.1) is 16.7 Å². The number of nitriles is 1. The summed E-state index contributed by atoms with van der Waals surface area (Å²) in [5.74, 6) is 0.506. The fourth-order valence-corrected chi connectivity index (χ4v) is 5.37.